The van der Waals surface area contributed by atoms with Crippen LogP contribution in [0.25, 0.3) is 11.4 Å². The highest BCUT2D eigenvalue weighted by molar-refractivity contribution is 5.54. The molecule has 4 rings (SSSR count). The minimum absolute atomic E-state index is 0.261. The standard InChI is InChI=1S/C20H22FN5O/c1-15-5-6-16(12-18(15)21)20-23-19(27-24-20)14-26-10-8-25(9-11-26)13-17-4-2-3-7-22-17/h2-7,12H,8-11,13-14H2,1H3. The van der Waals surface area contributed by atoms with Gasteiger partial charge < -0.3 is 4.52 Å². The normalized spacial score (nSPS) is 15.9. The summed E-state index contributed by atoms with van der Waals surface area (Å²) in [5.74, 6) is 0.727. The Morgan fingerprint density at radius 3 is 2.52 bits per heavy atom. The van der Waals surface area contributed by atoms with E-state index in [-0.39, 0.29) is 5.82 Å². The lowest BCUT2D eigenvalue weighted by molar-refractivity contribution is 0.111. The van der Waals surface area contributed by atoms with Crippen LogP contribution in [0.5, 0.6) is 0 Å². The van der Waals surface area contributed by atoms with E-state index in [1.165, 1.54) is 6.07 Å². The minimum Gasteiger partial charge on any atom is -0.338 e. The molecule has 0 spiro atoms. The zero-order chi connectivity index (χ0) is 18.6. The molecule has 140 valence electrons. The van der Waals surface area contributed by atoms with E-state index in [0.717, 1.165) is 38.4 Å². The smallest absolute Gasteiger partial charge is 0.241 e. The van der Waals surface area contributed by atoms with Gasteiger partial charge >= 0.3 is 0 Å². The van der Waals surface area contributed by atoms with Gasteiger partial charge in [-0.25, -0.2) is 4.39 Å². The van der Waals surface area contributed by atoms with Crippen molar-refractivity contribution >= 4 is 0 Å². The van der Waals surface area contributed by atoms with Crippen molar-refractivity contribution in [1.82, 2.24) is 24.9 Å². The highest BCUT2D eigenvalue weighted by Gasteiger charge is 2.20. The number of pyridine rings is 1. The number of hydrogen-bond acceptors (Lipinski definition) is 6. The Labute approximate surface area is 157 Å². The van der Waals surface area contributed by atoms with Gasteiger partial charge in [-0.15, -0.1) is 0 Å². The average Bonchev–Trinajstić information content (AvgIpc) is 3.15. The molecule has 1 aliphatic rings. The molecule has 0 aliphatic carbocycles. The fourth-order valence-electron chi connectivity index (χ4n) is 3.19. The molecule has 0 saturated carbocycles. The van der Waals surface area contributed by atoms with E-state index < -0.39 is 0 Å². The molecule has 3 aromatic rings. The number of benzene rings is 1. The van der Waals surface area contributed by atoms with Gasteiger partial charge in [0.2, 0.25) is 11.7 Å². The van der Waals surface area contributed by atoms with E-state index in [1.807, 2.05) is 24.4 Å². The maximum Gasteiger partial charge on any atom is 0.241 e. The number of halogens is 1. The third kappa shape index (κ3) is 4.37. The Balaban J connectivity index is 1.32. The molecular formula is C20H22FN5O. The molecule has 0 bridgehead atoms. The molecular weight excluding hydrogens is 345 g/mol. The predicted octanol–water partition coefficient (Wildman–Crippen LogP) is 2.90. The summed E-state index contributed by atoms with van der Waals surface area (Å²) in [5, 5.41) is 4.00. The molecule has 3 heterocycles. The summed E-state index contributed by atoms with van der Waals surface area (Å²) in [7, 11) is 0. The fourth-order valence-corrected chi connectivity index (χ4v) is 3.19. The number of aryl methyl sites for hydroxylation is 1. The Bertz CT molecular complexity index is 890. The van der Waals surface area contributed by atoms with E-state index in [4.69, 9.17) is 4.52 Å². The summed E-state index contributed by atoms with van der Waals surface area (Å²) < 4.78 is 19.1. The minimum atomic E-state index is -0.261. The van der Waals surface area contributed by atoms with Gasteiger partial charge in [0.1, 0.15) is 5.82 Å². The lowest BCUT2D eigenvalue weighted by Gasteiger charge is -2.33. The van der Waals surface area contributed by atoms with Gasteiger partial charge in [0.15, 0.2) is 0 Å². The second-order valence-electron chi connectivity index (χ2n) is 6.85. The van der Waals surface area contributed by atoms with Crippen molar-refractivity contribution in [3.8, 4) is 11.4 Å². The van der Waals surface area contributed by atoms with Crippen LogP contribution in [-0.4, -0.2) is 51.1 Å². The quantitative estimate of drug-likeness (QED) is 0.691. The molecule has 0 atom stereocenters. The van der Waals surface area contributed by atoms with Gasteiger partial charge in [-0.3, -0.25) is 14.8 Å². The summed E-state index contributed by atoms with van der Waals surface area (Å²) in [6.45, 7) is 7.03. The Morgan fingerprint density at radius 1 is 1.04 bits per heavy atom. The summed E-state index contributed by atoms with van der Waals surface area (Å²) in [6, 6.07) is 11.0. The first-order chi connectivity index (χ1) is 13.2. The van der Waals surface area contributed by atoms with Crippen LogP contribution in [0.2, 0.25) is 0 Å². The zero-order valence-corrected chi connectivity index (χ0v) is 15.3. The first-order valence-electron chi connectivity index (χ1n) is 9.11. The van der Waals surface area contributed by atoms with Crippen molar-refractivity contribution in [2.24, 2.45) is 0 Å². The van der Waals surface area contributed by atoms with E-state index in [9.17, 15) is 4.39 Å². The maximum absolute atomic E-state index is 13.7. The fraction of sp³-hybridized carbons (Fsp3) is 0.350. The van der Waals surface area contributed by atoms with E-state index >= 15 is 0 Å². The number of nitrogens with zero attached hydrogens (tertiary/aromatic N) is 5. The number of aromatic nitrogens is 3. The zero-order valence-electron chi connectivity index (χ0n) is 15.3. The molecule has 2 aromatic heterocycles. The number of hydrogen-bond donors (Lipinski definition) is 0. The molecule has 1 aliphatic heterocycles. The summed E-state index contributed by atoms with van der Waals surface area (Å²) in [5.41, 5.74) is 2.33. The van der Waals surface area contributed by atoms with Gasteiger partial charge in [-0.2, -0.15) is 4.98 Å². The highest BCUT2D eigenvalue weighted by atomic mass is 19.1. The van der Waals surface area contributed by atoms with Crippen LogP contribution in [0.4, 0.5) is 4.39 Å². The Hall–Kier alpha value is -2.64. The molecule has 0 N–H and O–H groups in total. The van der Waals surface area contributed by atoms with Crippen molar-refractivity contribution < 1.29 is 8.91 Å². The van der Waals surface area contributed by atoms with Gasteiger partial charge in [0.05, 0.1) is 12.2 Å². The SMILES string of the molecule is Cc1ccc(-c2noc(CN3CCN(Cc4ccccn4)CC3)n2)cc1F. The van der Waals surface area contributed by atoms with Crippen LogP contribution in [-0.2, 0) is 13.1 Å². The van der Waals surface area contributed by atoms with Crippen molar-refractivity contribution in [2.75, 3.05) is 26.2 Å². The first-order valence-corrected chi connectivity index (χ1v) is 9.11. The molecule has 27 heavy (non-hydrogen) atoms. The second kappa shape index (κ2) is 7.94. The topological polar surface area (TPSA) is 58.3 Å². The van der Waals surface area contributed by atoms with Crippen molar-refractivity contribution in [3.63, 3.8) is 0 Å². The third-order valence-corrected chi connectivity index (χ3v) is 4.83. The average molecular weight is 367 g/mol. The van der Waals surface area contributed by atoms with E-state index in [0.29, 0.717) is 29.4 Å². The van der Waals surface area contributed by atoms with Gasteiger partial charge in [0, 0.05) is 44.5 Å². The largest absolute Gasteiger partial charge is 0.338 e. The number of piperazine rings is 1. The third-order valence-electron chi connectivity index (χ3n) is 4.83. The van der Waals surface area contributed by atoms with Crippen LogP contribution in [0.15, 0.2) is 47.1 Å². The molecule has 0 unspecified atom stereocenters. The van der Waals surface area contributed by atoms with Crippen LogP contribution in [0.3, 0.4) is 0 Å². The van der Waals surface area contributed by atoms with Crippen molar-refractivity contribution in [3.05, 3.63) is 65.6 Å². The lowest BCUT2D eigenvalue weighted by atomic mass is 10.1. The molecule has 1 fully saturated rings. The lowest BCUT2D eigenvalue weighted by Crippen LogP contribution is -2.45. The molecule has 0 radical (unpaired) electrons. The van der Waals surface area contributed by atoms with Crippen LogP contribution in [0, 0.1) is 12.7 Å². The summed E-state index contributed by atoms with van der Waals surface area (Å²) >= 11 is 0. The van der Waals surface area contributed by atoms with E-state index in [2.05, 4.69) is 31.0 Å². The molecule has 1 aromatic carbocycles. The van der Waals surface area contributed by atoms with Gasteiger partial charge in [-0.05, 0) is 30.7 Å². The maximum atomic E-state index is 13.7. The van der Waals surface area contributed by atoms with Gasteiger partial charge in [0.25, 0.3) is 0 Å². The van der Waals surface area contributed by atoms with Crippen LogP contribution in [0.1, 0.15) is 17.1 Å². The summed E-state index contributed by atoms with van der Waals surface area (Å²) in [6.07, 6.45) is 1.83. The van der Waals surface area contributed by atoms with Crippen LogP contribution < -0.4 is 0 Å². The Kier molecular flexibility index (Phi) is 5.22. The first kappa shape index (κ1) is 17.8. The Morgan fingerprint density at radius 2 is 1.81 bits per heavy atom. The predicted molar refractivity (Wildman–Crippen MR) is 99.2 cm³/mol. The number of rotatable bonds is 5. The second-order valence-corrected chi connectivity index (χ2v) is 6.85. The molecule has 0 amide bonds. The summed E-state index contributed by atoms with van der Waals surface area (Å²) in [4.78, 5) is 13.5. The monoisotopic (exact) mass is 367 g/mol. The van der Waals surface area contributed by atoms with Crippen molar-refractivity contribution in [2.45, 2.75) is 20.0 Å². The molecule has 7 heteroatoms. The van der Waals surface area contributed by atoms with E-state index in [1.54, 1.807) is 13.0 Å². The van der Waals surface area contributed by atoms with Crippen LogP contribution >= 0.6 is 0 Å². The highest BCUT2D eigenvalue weighted by Crippen LogP contribution is 2.19. The molecule has 6 nitrogen and oxygen atoms in total. The van der Waals surface area contributed by atoms with Gasteiger partial charge in [-0.1, -0.05) is 23.4 Å². The van der Waals surface area contributed by atoms with Crippen molar-refractivity contribution in [1.29, 1.82) is 0 Å². The molecule has 1 saturated heterocycles.